The maximum atomic E-state index is 5.62. The quantitative estimate of drug-likeness (QED) is 0.547. The first-order chi connectivity index (χ1) is 9.15. The molecule has 0 unspecified atom stereocenters. The molecule has 0 bridgehead atoms. The first-order valence-electron chi connectivity index (χ1n) is 6.12. The van der Waals surface area contributed by atoms with Crippen LogP contribution in [0.3, 0.4) is 0 Å². The third kappa shape index (κ3) is 5.96. The van der Waals surface area contributed by atoms with E-state index < -0.39 is 0 Å². The number of hydrogen-bond acceptors (Lipinski definition) is 5. The van der Waals surface area contributed by atoms with Crippen LogP contribution in [0, 0.1) is 6.92 Å². The number of rotatable bonds is 9. The van der Waals surface area contributed by atoms with Crippen LogP contribution in [0.15, 0.2) is 12.1 Å². The third-order valence-corrected chi connectivity index (χ3v) is 2.59. The molecule has 19 heavy (non-hydrogen) atoms. The van der Waals surface area contributed by atoms with Gasteiger partial charge in [0.2, 0.25) is 5.88 Å². The Hall–Kier alpha value is -1.24. The number of aryl methyl sites for hydroxylation is 1. The predicted molar refractivity (Wildman–Crippen MR) is 77.7 cm³/mol. The lowest BCUT2D eigenvalue weighted by molar-refractivity contribution is 0.0795. The zero-order valence-corrected chi connectivity index (χ0v) is 12.2. The molecule has 0 amide bonds. The number of ether oxygens (including phenoxy) is 3. The molecule has 0 saturated carbocycles. The molecule has 6 heteroatoms. The van der Waals surface area contributed by atoms with Gasteiger partial charge in [0, 0.05) is 26.0 Å². The molecule has 0 saturated heterocycles. The molecule has 0 aromatic carbocycles. The Labute approximate surface area is 119 Å². The summed E-state index contributed by atoms with van der Waals surface area (Å²) in [5, 5.41) is 0. The van der Waals surface area contributed by atoms with Crippen LogP contribution < -0.4 is 10.5 Å². The number of nitrogens with two attached hydrogens (primary N) is 1. The fraction of sp³-hybridized carbons (Fsp3) is 0.538. The summed E-state index contributed by atoms with van der Waals surface area (Å²) in [6, 6.07) is 3.67. The molecule has 1 aromatic rings. The van der Waals surface area contributed by atoms with Gasteiger partial charge in [-0.15, -0.1) is 0 Å². The van der Waals surface area contributed by atoms with E-state index in [2.05, 4.69) is 4.98 Å². The van der Waals surface area contributed by atoms with Crippen LogP contribution in [-0.2, 0) is 9.47 Å². The summed E-state index contributed by atoms with van der Waals surface area (Å²) in [7, 11) is 1.67. The Morgan fingerprint density at radius 3 is 2.74 bits per heavy atom. The molecule has 0 aliphatic heterocycles. The highest BCUT2D eigenvalue weighted by molar-refractivity contribution is 7.80. The number of methoxy groups -OCH3 is 1. The zero-order chi connectivity index (χ0) is 14.1. The topological polar surface area (TPSA) is 66.6 Å². The maximum Gasteiger partial charge on any atom is 0.224 e. The number of hydrogen-bond donors (Lipinski definition) is 1. The predicted octanol–water partition coefficient (Wildman–Crippen LogP) is 1.46. The SMILES string of the molecule is COCCCOCCOc1nc(C)ccc1C(N)=S. The van der Waals surface area contributed by atoms with Crippen molar-refractivity contribution in [3.05, 3.63) is 23.4 Å². The molecule has 0 radical (unpaired) electrons. The first kappa shape index (κ1) is 15.8. The van der Waals surface area contributed by atoms with Crippen molar-refractivity contribution in [1.29, 1.82) is 0 Å². The van der Waals surface area contributed by atoms with Crippen LogP contribution in [0.25, 0.3) is 0 Å². The zero-order valence-electron chi connectivity index (χ0n) is 11.3. The molecule has 0 aliphatic carbocycles. The third-order valence-electron chi connectivity index (χ3n) is 2.37. The van der Waals surface area contributed by atoms with Gasteiger partial charge >= 0.3 is 0 Å². The van der Waals surface area contributed by atoms with E-state index in [9.17, 15) is 0 Å². The second-order valence-corrected chi connectivity index (χ2v) is 4.42. The Kier molecular flexibility index (Phi) is 7.32. The number of thiocarbonyl (C=S) groups is 1. The van der Waals surface area contributed by atoms with Gasteiger partial charge in [0.25, 0.3) is 0 Å². The molecule has 106 valence electrons. The Bertz CT molecular complexity index is 413. The van der Waals surface area contributed by atoms with Crippen molar-refractivity contribution >= 4 is 17.2 Å². The average Bonchev–Trinajstić information content (AvgIpc) is 2.37. The summed E-state index contributed by atoms with van der Waals surface area (Å²) in [6.45, 7) is 4.15. The van der Waals surface area contributed by atoms with E-state index in [1.807, 2.05) is 19.1 Å². The van der Waals surface area contributed by atoms with E-state index >= 15 is 0 Å². The van der Waals surface area contributed by atoms with Crippen LogP contribution in [0.4, 0.5) is 0 Å². The van der Waals surface area contributed by atoms with Crippen molar-refractivity contribution in [1.82, 2.24) is 4.98 Å². The molecule has 0 spiro atoms. The molecule has 0 fully saturated rings. The second kappa shape index (κ2) is 8.79. The lowest BCUT2D eigenvalue weighted by Crippen LogP contribution is -2.15. The van der Waals surface area contributed by atoms with E-state index in [1.165, 1.54) is 0 Å². The highest BCUT2D eigenvalue weighted by Crippen LogP contribution is 2.15. The van der Waals surface area contributed by atoms with Gasteiger partial charge in [-0.25, -0.2) is 4.98 Å². The van der Waals surface area contributed by atoms with E-state index in [4.69, 9.17) is 32.2 Å². The van der Waals surface area contributed by atoms with Crippen molar-refractivity contribution in [2.45, 2.75) is 13.3 Å². The lowest BCUT2D eigenvalue weighted by atomic mass is 10.2. The van der Waals surface area contributed by atoms with Crippen molar-refractivity contribution in [3.63, 3.8) is 0 Å². The highest BCUT2D eigenvalue weighted by atomic mass is 32.1. The monoisotopic (exact) mass is 284 g/mol. The van der Waals surface area contributed by atoms with E-state index in [-0.39, 0.29) is 4.99 Å². The summed E-state index contributed by atoms with van der Waals surface area (Å²) < 4.78 is 15.9. The molecule has 2 N–H and O–H groups in total. The summed E-state index contributed by atoms with van der Waals surface area (Å²) >= 11 is 4.95. The summed E-state index contributed by atoms with van der Waals surface area (Å²) in [5.74, 6) is 0.466. The van der Waals surface area contributed by atoms with Crippen LogP contribution in [0.5, 0.6) is 5.88 Å². The van der Waals surface area contributed by atoms with E-state index in [1.54, 1.807) is 7.11 Å². The summed E-state index contributed by atoms with van der Waals surface area (Å²) in [6.07, 6.45) is 0.872. The fourth-order valence-corrected chi connectivity index (χ4v) is 1.59. The normalized spacial score (nSPS) is 10.4. The van der Waals surface area contributed by atoms with Crippen molar-refractivity contribution in [2.75, 3.05) is 33.5 Å². The molecule has 0 atom stereocenters. The van der Waals surface area contributed by atoms with Gasteiger partial charge in [-0.2, -0.15) is 0 Å². The molecule has 0 aliphatic rings. The van der Waals surface area contributed by atoms with Gasteiger partial charge in [0.15, 0.2) is 0 Å². The van der Waals surface area contributed by atoms with Gasteiger partial charge in [-0.3, -0.25) is 0 Å². The van der Waals surface area contributed by atoms with Crippen molar-refractivity contribution in [2.24, 2.45) is 5.73 Å². The van der Waals surface area contributed by atoms with Gasteiger partial charge in [-0.1, -0.05) is 12.2 Å². The largest absolute Gasteiger partial charge is 0.475 e. The first-order valence-corrected chi connectivity index (χ1v) is 6.53. The number of pyridine rings is 1. The van der Waals surface area contributed by atoms with E-state index in [0.29, 0.717) is 37.9 Å². The average molecular weight is 284 g/mol. The molecular weight excluding hydrogens is 264 g/mol. The number of nitrogens with zero attached hydrogens (tertiary/aromatic N) is 1. The Balaban J connectivity index is 2.36. The summed E-state index contributed by atoms with van der Waals surface area (Å²) in [4.78, 5) is 4.56. The van der Waals surface area contributed by atoms with Gasteiger partial charge in [0.1, 0.15) is 11.6 Å². The minimum absolute atomic E-state index is 0.281. The Morgan fingerprint density at radius 2 is 2.05 bits per heavy atom. The summed E-state index contributed by atoms with van der Waals surface area (Å²) in [5.41, 5.74) is 7.13. The fourth-order valence-electron chi connectivity index (χ4n) is 1.44. The maximum absolute atomic E-state index is 5.62. The molecule has 1 aromatic heterocycles. The van der Waals surface area contributed by atoms with Gasteiger partial charge in [0.05, 0.1) is 12.2 Å². The van der Waals surface area contributed by atoms with Gasteiger partial charge in [-0.05, 0) is 25.5 Å². The van der Waals surface area contributed by atoms with Crippen molar-refractivity contribution < 1.29 is 14.2 Å². The van der Waals surface area contributed by atoms with E-state index in [0.717, 1.165) is 12.1 Å². The smallest absolute Gasteiger partial charge is 0.224 e. The minimum Gasteiger partial charge on any atom is -0.475 e. The molecule has 1 rings (SSSR count). The second-order valence-electron chi connectivity index (χ2n) is 3.98. The lowest BCUT2D eigenvalue weighted by Gasteiger charge is -2.10. The minimum atomic E-state index is 0.281. The van der Waals surface area contributed by atoms with Gasteiger partial charge < -0.3 is 19.9 Å². The van der Waals surface area contributed by atoms with Crippen molar-refractivity contribution in [3.8, 4) is 5.88 Å². The molecular formula is C13H20N2O3S. The number of aromatic nitrogens is 1. The van der Waals surface area contributed by atoms with Crippen LogP contribution in [0.1, 0.15) is 17.7 Å². The van der Waals surface area contributed by atoms with Crippen LogP contribution in [-0.4, -0.2) is 43.5 Å². The highest BCUT2D eigenvalue weighted by Gasteiger charge is 2.08. The standard InChI is InChI=1S/C13H20N2O3S/c1-10-4-5-11(12(14)19)13(15-10)18-9-8-17-7-3-6-16-2/h4-5H,3,6-9H2,1-2H3,(H2,14,19). The van der Waals surface area contributed by atoms with Crippen LogP contribution in [0.2, 0.25) is 0 Å². The Morgan fingerprint density at radius 1 is 1.26 bits per heavy atom. The van der Waals surface area contributed by atoms with Crippen LogP contribution >= 0.6 is 12.2 Å². The molecule has 5 nitrogen and oxygen atoms in total. The molecule has 1 heterocycles.